The minimum atomic E-state index is -3.59. The van der Waals surface area contributed by atoms with E-state index in [1.807, 2.05) is 34.6 Å². The van der Waals surface area contributed by atoms with Gasteiger partial charge >= 0.3 is 0 Å². The number of carbonyl (C=O) groups is 2. The number of hydrogen-bond acceptors (Lipinski definition) is 9. The number of hydrogen-bond donors (Lipinski definition) is 0. The van der Waals surface area contributed by atoms with Crippen molar-refractivity contribution in [1.29, 1.82) is 0 Å². The van der Waals surface area contributed by atoms with Crippen LogP contribution in [0, 0.1) is 17.2 Å². The molecule has 2 amide bonds. The predicted molar refractivity (Wildman–Crippen MR) is 197 cm³/mol. The van der Waals surface area contributed by atoms with Crippen LogP contribution in [0.15, 0.2) is 43.4 Å². The average Bonchev–Trinajstić information content (AvgIpc) is 3.56. The molecular formula is C37H53FN8O5S. The summed E-state index contributed by atoms with van der Waals surface area (Å²) in [4.78, 5) is 42.5. The van der Waals surface area contributed by atoms with Gasteiger partial charge in [0.15, 0.2) is 11.6 Å². The number of rotatable bonds is 11. The Morgan fingerprint density at radius 2 is 1.75 bits per heavy atom. The van der Waals surface area contributed by atoms with E-state index in [1.54, 1.807) is 20.3 Å². The zero-order valence-corrected chi connectivity index (χ0v) is 31.9. The van der Waals surface area contributed by atoms with Crippen molar-refractivity contribution in [2.75, 3.05) is 70.3 Å². The summed E-state index contributed by atoms with van der Waals surface area (Å²) in [5, 5.41) is 0. The SMILES string of the molecule is C=CC(=O)N1CCN(S(=O)(=O)N2CCC3(CC2)CN(C[C@@H]2CCN(c4ncncc4Oc4ccc(F)cc4C(=O)N(C(C)C)C(C)C)C2)C3)C[C@@H]1C. The van der Waals surface area contributed by atoms with Gasteiger partial charge in [0.25, 0.3) is 16.1 Å². The largest absolute Gasteiger partial charge is 0.451 e. The molecule has 5 heterocycles. The van der Waals surface area contributed by atoms with Crippen LogP contribution in [0.3, 0.4) is 0 Å². The molecular weight excluding hydrogens is 688 g/mol. The molecule has 0 N–H and O–H groups in total. The number of ether oxygens (including phenoxy) is 1. The molecule has 2 aromatic rings. The first-order valence-electron chi connectivity index (χ1n) is 18.5. The Balaban J connectivity index is 1.02. The van der Waals surface area contributed by atoms with Gasteiger partial charge in [-0.25, -0.2) is 14.4 Å². The van der Waals surface area contributed by atoms with Crippen LogP contribution in [0.2, 0.25) is 0 Å². The lowest BCUT2D eigenvalue weighted by molar-refractivity contribution is -0.129. The molecule has 1 spiro atoms. The first-order valence-corrected chi connectivity index (χ1v) is 19.9. The Hall–Kier alpha value is -3.66. The normalized spacial score (nSPS) is 22.9. The van der Waals surface area contributed by atoms with E-state index < -0.39 is 16.0 Å². The van der Waals surface area contributed by atoms with Gasteiger partial charge in [-0.1, -0.05) is 6.58 Å². The number of piperazine rings is 1. The molecule has 2 atom stereocenters. The smallest absolute Gasteiger partial charge is 0.282 e. The summed E-state index contributed by atoms with van der Waals surface area (Å²) in [6.07, 6.45) is 7.02. The minimum absolute atomic E-state index is 0.0794. The number of piperidine rings is 1. The molecule has 4 saturated heterocycles. The summed E-state index contributed by atoms with van der Waals surface area (Å²) >= 11 is 0. The Labute approximate surface area is 307 Å². The summed E-state index contributed by atoms with van der Waals surface area (Å²) in [5.74, 6) is 0.750. The highest BCUT2D eigenvalue weighted by atomic mass is 32.2. The highest BCUT2D eigenvalue weighted by molar-refractivity contribution is 7.86. The van der Waals surface area contributed by atoms with Gasteiger partial charge in [-0.05, 0) is 89.5 Å². The molecule has 0 unspecified atom stereocenters. The third kappa shape index (κ3) is 7.82. The van der Waals surface area contributed by atoms with E-state index in [1.165, 1.54) is 34.9 Å². The summed E-state index contributed by atoms with van der Waals surface area (Å²) in [6.45, 7) is 19.6. The fourth-order valence-corrected chi connectivity index (χ4v) is 10.2. The van der Waals surface area contributed by atoms with Gasteiger partial charge in [0, 0.05) is 83.6 Å². The van der Waals surface area contributed by atoms with Gasteiger partial charge in [0.2, 0.25) is 5.91 Å². The number of benzene rings is 1. The Morgan fingerprint density at radius 3 is 2.40 bits per heavy atom. The molecule has 284 valence electrons. The maximum absolute atomic E-state index is 14.4. The molecule has 0 radical (unpaired) electrons. The van der Waals surface area contributed by atoms with Crippen molar-refractivity contribution in [2.24, 2.45) is 11.3 Å². The average molecular weight is 741 g/mol. The van der Waals surface area contributed by atoms with E-state index in [0.29, 0.717) is 50.2 Å². The monoisotopic (exact) mass is 740 g/mol. The van der Waals surface area contributed by atoms with Crippen molar-refractivity contribution in [2.45, 2.75) is 72.0 Å². The highest BCUT2D eigenvalue weighted by Crippen LogP contribution is 2.42. The van der Waals surface area contributed by atoms with Crippen LogP contribution in [0.5, 0.6) is 11.5 Å². The number of anilines is 1. The molecule has 0 bridgehead atoms. The first-order chi connectivity index (χ1) is 24.7. The first kappa shape index (κ1) is 38.1. The van der Waals surface area contributed by atoms with Crippen LogP contribution >= 0.6 is 0 Å². The second kappa shape index (κ2) is 15.4. The van der Waals surface area contributed by atoms with Crippen LogP contribution in [-0.4, -0.2) is 137 Å². The van der Waals surface area contributed by atoms with Crippen LogP contribution in [-0.2, 0) is 15.0 Å². The molecule has 4 fully saturated rings. The summed E-state index contributed by atoms with van der Waals surface area (Å²) < 4.78 is 50.9. The molecule has 4 aliphatic heterocycles. The number of halogens is 1. The maximum Gasteiger partial charge on any atom is 0.282 e. The number of carbonyl (C=O) groups excluding carboxylic acids is 2. The van der Waals surface area contributed by atoms with E-state index in [2.05, 4.69) is 26.3 Å². The van der Waals surface area contributed by atoms with Crippen LogP contribution in [0.1, 0.15) is 64.2 Å². The predicted octanol–water partition coefficient (Wildman–Crippen LogP) is 3.85. The second-order valence-electron chi connectivity index (χ2n) is 15.5. The maximum atomic E-state index is 14.4. The number of likely N-dealkylation sites (tertiary alicyclic amines) is 1. The van der Waals surface area contributed by atoms with Crippen molar-refractivity contribution in [3.63, 3.8) is 0 Å². The molecule has 13 nitrogen and oxygen atoms in total. The summed E-state index contributed by atoms with van der Waals surface area (Å²) in [5.41, 5.74) is 0.298. The quantitative estimate of drug-likeness (QED) is 0.317. The summed E-state index contributed by atoms with van der Waals surface area (Å²) in [6, 6.07) is 3.64. The fourth-order valence-electron chi connectivity index (χ4n) is 8.52. The van der Waals surface area contributed by atoms with Crippen molar-refractivity contribution in [1.82, 2.24) is 33.3 Å². The van der Waals surface area contributed by atoms with E-state index in [-0.39, 0.29) is 46.7 Å². The lowest BCUT2D eigenvalue weighted by Gasteiger charge is -2.54. The molecule has 0 saturated carbocycles. The highest BCUT2D eigenvalue weighted by Gasteiger charge is 2.48. The van der Waals surface area contributed by atoms with Crippen LogP contribution < -0.4 is 9.64 Å². The molecule has 0 aliphatic carbocycles. The van der Waals surface area contributed by atoms with Crippen molar-refractivity contribution in [3.8, 4) is 11.5 Å². The van der Waals surface area contributed by atoms with Crippen LogP contribution in [0.25, 0.3) is 0 Å². The lowest BCUT2D eigenvalue weighted by Crippen LogP contribution is -2.63. The van der Waals surface area contributed by atoms with Crippen molar-refractivity contribution in [3.05, 3.63) is 54.8 Å². The van der Waals surface area contributed by atoms with Crippen LogP contribution in [0.4, 0.5) is 10.2 Å². The van der Waals surface area contributed by atoms with Crippen molar-refractivity contribution < 1.29 is 27.1 Å². The summed E-state index contributed by atoms with van der Waals surface area (Å²) in [7, 11) is -3.59. The zero-order chi connectivity index (χ0) is 37.4. The van der Waals surface area contributed by atoms with Gasteiger partial charge in [0.05, 0.1) is 11.8 Å². The van der Waals surface area contributed by atoms with E-state index >= 15 is 0 Å². The van der Waals surface area contributed by atoms with Gasteiger partial charge < -0.3 is 24.3 Å². The number of amides is 2. The third-order valence-electron chi connectivity index (χ3n) is 11.1. The number of aromatic nitrogens is 2. The van der Waals surface area contributed by atoms with Gasteiger partial charge in [-0.2, -0.15) is 17.0 Å². The van der Waals surface area contributed by atoms with Gasteiger partial charge in [0.1, 0.15) is 17.9 Å². The van der Waals surface area contributed by atoms with Gasteiger partial charge in [-0.3, -0.25) is 9.59 Å². The van der Waals surface area contributed by atoms with E-state index in [4.69, 9.17) is 4.74 Å². The molecule has 15 heteroatoms. The second-order valence-corrected chi connectivity index (χ2v) is 17.4. The third-order valence-corrected chi connectivity index (χ3v) is 13.1. The molecule has 4 aliphatic rings. The van der Waals surface area contributed by atoms with E-state index in [0.717, 1.165) is 52.0 Å². The fraction of sp³-hybridized carbons (Fsp3) is 0.622. The lowest BCUT2D eigenvalue weighted by atomic mass is 9.72. The Morgan fingerprint density at radius 1 is 1.04 bits per heavy atom. The van der Waals surface area contributed by atoms with Gasteiger partial charge in [-0.15, -0.1) is 0 Å². The minimum Gasteiger partial charge on any atom is -0.451 e. The molecule has 6 rings (SSSR count). The zero-order valence-electron chi connectivity index (χ0n) is 31.1. The Bertz CT molecular complexity index is 1730. The molecule has 1 aromatic carbocycles. The number of nitrogens with zero attached hydrogens (tertiary/aromatic N) is 8. The standard InChI is InChI=1S/C37H53FN8O5S/c1-7-34(47)45-17-16-44(20-28(45)6)52(49,50)43-14-11-37(12-15-43)23-41(24-37)21-29-10-13-42(22-29)35-33(19-39-25-40-35)51-32-9-8-30(38)18-31(32)36(48)46(26(2)3)27(4)5/h7-9,18-19,25-29H,1,10-17,20-24H2,2-6H3/t28-,29-/m0/s1. The molecule has 1 aromatic heterocycles. The topological polar surface area (TPSA) is 123 Å². The molecule has 52 heavy (non-hydrogen) atoms. The van der Waals surface area contributed by atoms with E-state index in [9.17, 15) is 22.4 Å². The van der Waals surface area contributed by atoms with Crippen molar-refractivity contribution >= 4 is 27.8 Å². The Kier molecular flexibility index (Phi) is 11.3.